The highest BCUT2D eigenvalue weighted by Crippen LogP contribution is 2.30. The number of piperidine rings is 1. The summed E-state index contributed by atoms with van der Waals surface area (Å²) in [4.78, 5) is 20.1. The highest BCUT2D eigenvalue weighted by atomic mass is 35.5. The number of carbonyl (C=O) groups is 1. The van der Waals surface area contributed by atoms with Crippen molar-refractivity contribution >= 4 is 40.7 Å². The first-order valence-corrected chi connectivity index (χ1v) is 11.5. The molecule has 2 aromatic heterocycles. The summed E-state index contributed by atoms with van der Waals surface area (Å²) in [5.41, 5.74) is 3.54. The van der Waals surface area contributed by atoms with Gasteiger partial charge in [0.15, 0.2) is 5.65 Å². The maximum atomic E-state index is 13.6. The Morgan fingerprint density at radius 3 is 2.56 bits per heavy atom. The molecule has 1 saturated heterocycles. The summed E-state index contributed by atoms with van der Waals surface area (Å²) in [6.45, 7) is 1.43. The molecule has 172 valence electrons. The van der Waals surface area contributed by atoms with Crippen molar-refractivity contribution in [3.63, 3.8) is 0 Å². The Hall–Kier alpha value is -3.71. The van der Waals surface area contributed by atoms with E-state index in [1.54, 1.807) is 48.6 Å². The van der Waals surface area contributed by atoms with Gasteiger partial charge < -0.3 is 10.0 Å². The van der Waals surface area contributed by atoms with Gasteiger partial charge in [0.1, 0.15) is 11.6 Å². The maximum absolute atomic E-state index is 13.6. The SMILES string of the molecule is O=C(c1cc(-c2ccc(O)cc2)nc2n[nH]c(/C=C/c3ccc(F)cc3Cl)c12)N1CCCCC1. The lowest BCUT2D eigenvalue weighted by atomic mass is 10.0. The van der Waals surface area contributed by atoms with Crippen molar-refractivity contribution in [1.82, 2.24) is 20.1 Å². The van der Waals surface area contributed by atoms with E-state index in [0.29, 0.717) is 46.6 Å². The van der Waals surface area contributed by atoms with Crippen LogP contribution in [0.25, 0.3) is 34.4 Å². The molecule has 0 unspecified atom stereocenters. The van der Waals surface area contributed by atoms with E-state index in [1.165, 1.54) is 12.1 Å². The fourth-order valence-electron chi connectivity index (χ4n) is 4.19. The lowest BCUT2D eigenvalue weighted by Gasteiger charge is -2.27. The summed E-state index contributed by atoms with van der Waals surface area (Å²) in [5.74, 6) is -0.321. The van der Waals surface area contributed by atoms with Gasteiger partial charge in [-0.15, -0.1) is 0 Å². The number of aromatic amines is 1. The third-order valence-corrected chi connectivity index (χ3v) is 6.31. The fraction of sp³-hybridized carbons (Fsp3) is 0.192. The molecule has 5 rings (SSSR count). The lowest BCUT2D eigenvalue weighted by molar-refractivity contribution is 0.0726. The number of H-pyrrole nitrogens is 1. The van der Waals surface area contributed by atoms with Gasteiger partial charge in [0.2, 0.25) is 0 Å². The summed E-state index contributed by atoms with van der Waals surface area (Å²) < 4.78 is 13.4. The van der Waals surface area contributed by atoms with Crippen molar-refractivity contribution in [3.8, 4) is 17.0 Å². The van der Waals surface area contributed by atoms with Gasteiger partial charge in [0.25, 0.3) is 5.91 Å². The van der Waals surface area contributed by atoms with Crippen LogP contribution in [0, 0.1) is 5.82 Å². The van der Waals surface area contributed by atoms with E-state index in [1.807, 2.05) is 4.90 Å². The summed E-state index contributed by atoms with van der Waals surface area (Å²) >= 11 is 6.16. The molecule has 2 N–H and O–H groups in total. The number of pyridine rings is 1. The summed E-state index contributed by atoms with van der Waals surface area (Å²) in [7, 11) is 0. The molecular weight excluding hydrogens is 455 g/mol. The molecular formula is C26H22ClFN4O2. The number of hydrogen-bond donors (Lipinski definition) is 2. The van der Waals surface area contributed by atoms with Gasteiger partial charge in [-0.05, 0) is 73.4 Å². The van der Waals surface area contributed by atoms with Gasteiger partial charge >= 0.3 is 0 Å². The Balaban J connectivity index is 1.62. The number of fused-ring (bicyclic) bond motifs is 1. The number of aromatic hydroxyl groups is 1. The molecule has 0 radical (unpaired) electrons. The molecule has 34 heavy (non-hydrogen) atoms. The van der Waals surface area contributed by atoms with Crippen LogP contribution in [0.2, 0.25) is 5.02 Å². The van der Waals surface area contributed by atoms with Crippen molar-refractivity contribution in [2.24, 2.45) is 0 Å². The molecule has 0 aliphatic carbocycles. The molecule has 0 saturated carbocycles. The number of amides is 1. The number of phenolic OH excluding ortho intramolecular Hbond substituents is 1. The predicted molar refractivity (Wildman–Crippen MR) is 131 cm³/mol. The minimum absolute atomic E-state index is 0.0667. The highest BCUT2D eigenvalue weighted by Gasteiger charge is 2.24. The maximum Gasteiger partial charge on any atom is 0.254 e. The Morgan fingerprint density at radius 1 is 1.06 bits per heavy atom. The second-order valence-electron chi connectivity index (χ2n) is 8.29. The zero-order chi connectivity index (χ0) is 23.7. The molecule has 0 bridgehead atoms. The van der Waals surface area contributed by atoms with E-state index in [2.05, 4.69) is 15.2 Å². The van der Waals surface area contributed by atoms with Gasteiger partial charge in [-0.25, -0.2) is 9.37 Å². The molecule has 6 nitrogen and oxygen atoms in total. The first kappa shape index (κ1) is 22.1. The van der Waals surface area contributed by atoms with Crippen LogP contribution in [0.1, 0.15) is 40.9 Å². The number of likely N-dealkylation sites (tertiary alicyclic amines) is 1. The van der Waals surface area contributed by atoms with Gasteiger partial charge in [-0.2, -0.15) is 5.10 Å². The normalized spacial score (nSPS) is 14.2. The molecule has 1 fully saturated rings. The topological polar surface area (TPSA) is 82.1 Å². The number of nitrogens with one attached hydrogen (secondary N) is 1. The number of phenols is 1. The summed E-state index contributed by atoms with van der Waals surface area (Å²) in [5, 5.41) is 17.9. The second kappa shape index (κ2) is 9.27. The standard InChI is InChI=1S/C26H22ClFN4O2/c27-21-14-18(28)8-4-16(21)7-11-22-24-20(26(34)32-12-2-1-3-13-32)15-23(29-25(24)31-30-22)17-5-9-19(33)10-6-17/h4-11,14-15,33H,1-3,12-13H2,(H,29,30,31)/b11-7+. The number of rotatable bonds is 4. The number of benzene rings is 2. The molecule has 1 amide bonds. The molecule has 8 heteroatoms. The van der Waals surface area contributed by atoms with Crippen molar-refractivity contribution in [2.45, 2.75) is 19.3 Å². The molecule has 3 heterocycles. The lowest BCUT2D eigenvalue weighted by Crippen LogP contribution is -2.35. The van der Waals surface area contributed by atoms with Gasteiger partial charge in [-0.3, -0.25) is 9.89 Å². The van der Waals surface area contributed by atoms with Crippen LogP contribution in [0.5, 0.6) is 5.75 Å². The average Bonchev–Trinajstić information content (AvgIpc) is 3.26. The molecule has 2 aromatic carbocycles. The van der Waals surface area contributed by atoms with E-state index < -0.39 is 5.82 Å². The quantitative estimate of drug-likeness (QED) is 0.383. The number of halogens is 2. The minimum atomic E-state index is -0.408. The monoisotopic (exact) mass is 476 g/mol. The van der Waals surface area contributed by atoms with Crippen molar-refractivity contribution in [3.05, 3.63) is 76.2 Å². The van der Waals surface area contributed by atoms with E-state index in [0.717, 1.165) is 24.8 Å². The van der Waals surface area contributed by atoms with E-state index in [-0.39, 0.29) is 16.7 Å². The van der Waals surface area contributed by atoms with Crippen LogP contribution in [0.4, 0.5) is 4.39 Å². The van der Waals surface area contributed by atoms with Crippen LogP contribution < -0.4 is 0 Å². The Labute approximate surface area is 200 Å². The van der Waals surface area contributed by atoms with Crippen molar-refractivity contribution in [1.29, 1.82) is 0 Å². The summed E-state index contributed by atoms with van der Waals surface area (Å²) in [6.07, 6.45) is 6.59. The Kier molecular flexibility index (Phi) is 6.02. The Bertz CT molecular complexity index is 1390. The van der Waals surface area contributed by atoms with Crippen LogP contribution in [-0.2, 0) is 0 Å². The van der Waals surface area contributed by atoms with Crippen LogP contribution in [0.3, 0.4) is 0 Å². The predicted octanol–water partition coefficient (Wildman–Crippen LogP) is 5.92. The van der Waals surface area contributed by atoms with E-state index in [4.69, 9.17) is 11.6 Å². The zero-order valence-electron chi connectivity index (χ0n) is 18.3. The fourth-order valence-corrected chi connectivity index (χ4v) is 4.42. The van der Waals surface area contributed by atoms with E-state index >= 15 is 0 Å². The minimum Gasteiger partial charge on any atom is -0.508 e. The Morgan fingerprint density at radius 2 is 1.82 bits per heavy atom. The summed E-state index contributed by atoms with van der Waals surface area (Å²) in [6, 6.07) is 12.6. The van der Waals surface area contributed by atoms with Gasteiger partial charge in [0, 0.05) is 18.7 Å². The van der Waals surface area contributed by atoms with Crippen molar-refractivity contribution < 1.29 is 14.3 Å². The van der Waals surface area contributed by atoms with Gasteiger partial charge in [0.05, 0.1) is 27.4 Å². The molecule has 0 atom stereocenters. The second-order valence-corrected chi connectivity index (χ2v) is 8.70. The molecule has 1 aliphatic rings. The molecule has 4 aromatic rings. The third kappa shape index (κ3) is 4.39. The van der Waals surface area contributed by atoms with E-state index in [9.17, 15) is 14.3 Å². The number of hydrogen-bond acceptors (Lipinski definition) is 4. The van der Waals surface area contributed by atoms with Crippen LogP contribution >= 0.6 is 11.6 Å². The highest BCUT2D eigenvalue weighted by molar-refractivity contribution is 6.32. The van der Waals surface area contributed by atoms with Crippen LogP contribution in [0.15, 0.2) is 48.5 Å². The third-order valence-electron chi connectivity index (χ3n) is 5.98. The first-order chi connectivity index (χ1) is 16.5. The number of nitrogens with zero attached hydrogens (tertiary/aromatic N) is 3. The molecule has 0 spiro atoms. The first-order valence-electron chi connectivity index (χ1n) is 11.1. The largest absolute Gasteiger partial charge is 0.508 e. The van der Waals surface area contributed by atoms with Crippen molar-refractivity contribution in [2.75, 3.05) is 13.1 Å². The number of aromatic nitrogens is 3. The van der Waals surface area contributed by atoms with Crippen LogP contribution in [-0.4, -0.2) is 44.2 Å². The zero-order valence-corrected chi connectivity index (χ0v) is 19.0. The smallest absolute Gasteiger partial charge is 0.254 e. The molecule has 1 aliphatic heterocycles. The van der Waals surface area contributed by atoms with Gasteiger partial charge in [-0.1, -0.05) is 23.7 Å². The average molecular weight is 477 g/mol. The number of carbonyl (C=O) groups excluding carboxylic acids is 1.